The first-order valence-electron chi connectivity index (χ1n) is 14.1. The number of hydrogen-bond acceptors (Lipinski definition) is 4. The van der Waals surface area contributed by atoms with E-state index >= 15 is 0 Å². The Morgan fingerprint density at radius 1 is 1.07 bits per heavy atom. The molecule has 1 unspecified atom stereocenters. The molecule has 0 aliphatic heterocycles. The molecule has 3 aromatic carbocycles. The Balaban J connectivity index is 0.00000253. The molecule has 0 saturated heterocycles. The molecule has 1 saturated carbocycles. The third-order valence-electron chi connectivity index (χ3n) is 7.83. The van der Waals surface area contributed by atoms with E-state index in [1.807, 2.05) is 74.1 Å². The van der Waals surface area contributed by atoms with Gasteiger partial charge in [0, 0.05) is 21.4 Å². The minimum Gasteiger partial charge on any atom is -1.00 e. The van der Waals surface area contributed by atoms with Crippen LogP contribution in [0.3, 0.4) is 0 Å². The number of aromatic nitrogens is 1. The molecular formula is C35H37ClLiNO3S. The largest absolute Gasteiger partial charge is 1.00 e. The SMILES string of the molecule is CC(C)(O)c1ccccc1CCC(SCC1(CC(=O)O)CC1)c1cccc(/C=C/c2ccc3ccc(Cl)cc3n2)c1.[H-].[Li+]. The number of aliphatic hydroxyl groups is 1. The molecule has 1 fully saturated rings. The fourth-order valence-corrected chi connectivity index (χ4v) is 7.09. The minimum atomic E-state index is -0.911. The van der Waals surface area contributed by atoms with Gasteiger partial charge in [-0.2, -0.15) is 11.8 Å². The van der Waals surface area contributed by atoms with Crippen LogP contribution in [-0.2, 0) is 16.8 Å². The van der Waals surface area contributed by atoms with Crippen LogP contribution >= 0.6 is 23.4 Å². The van der Waals surface area contributed by atoms with Crippen molar-refractivity contribution in [3.05, 3.63) is 112 Å². The van der Waals surface area contributed by atoms with Gasteiger partial charge in [0.25, 0.3) is 0 Å². The Morgan fingerprint density at radius 3 is 2.57 bits per heavy atom. The van der Waals surface area contributed by atoms with Crippen LogP contribution in [0.1, 0.15) is 74.2 Å². The molecule has 7 heteroatoms. The van der Waals surface area contributed by atoms with Crippen molar-refractivity contribution in [3.63, 3.8) is 0 Å². The van der Waals surface area contributed by atoms with Crippen LogP contribution in [0.15, 0.2) is 78.9 Å². The smallest absolute Gasteiger partial charge is 1.00 e. The summed E-state index contributed by atoms with van der Waals surface area (Å²) in [7, 11) is 0. The van der Waals surface area contributed by atoms with E-state index < -0.39 is 11.6 Å². The molecule has 1 heterocycles. The number of aliphatic carboxylic acids is 1. The normalized spacial score (nSPS) is 15.0. The Labute approximate surface area is 271 Å². The number of aryl methyl sites for hydroxylation is 1. The number of benzene rings is 3. The van der Waals surface area contributed by atoms with Gasteiger partial charge in [0.1, 0.15) is 0 Å². The summed E-state index contributed by atoms with van der Waals surface area (Å²) in [6.45, 7) is 3.66. The second kappa shape index (κ2) is 13.8. The number of halogens is 1. The Morgan fingerprint density at radius 2 is 1.83 bits per heavy atom. The molecule has 1 aliphatic carbocycles. The van der Waals surface area contributed by atoms with E-state index in [2.05, 4.69) is 42.5 Å². The first-order valence-corrected chi connectivity index (χ1v) is 15.5. The van der Waals surface area contributed by atoms with Gasteiger partial charge in [-0.25, -0.2) is 4.98 Å². The number of hydrogen-bond donors (Lipinski definition) is 2. The van der Waals surface area contributed by atoms with E-state index in [-0.39, 0.29) is 37.4 Å². The molecule has 214 valence electrons. The predicted octanol–water partition coefficient (Wildman–Crippen LogP) is 6.06. The van der Waals surface area contributed by atoms with Gasteiger partial charge in [0.05, 0.1) is 23.2 Å². The summed E-state index contributed by atoms with van der Waals surface area (Å²) in [5.41, 5.74) is 5.15. The maximum atomic E-state index is 11.5. The zero-order valence-corrected chi connectivity index (χ0v) is 26.1. The van der Waals surface area contributed by atoms with Gasteiger partial charge in [0.15, 0.2) is 0 Å². The molecule has 1 aliphatic rings. The van der Waals surface area contributed by atoms with Crippen molar-refractivity contribution in [2.45, 2.75) is 56.8 Å². The fraction of sp³-hybridized carbons (Fsp3) is 0.314. The molecule has 0 bridgehead atoms. The third kappa shape index (κ3) is 8.53. The van der Waals surface area contributed by atoms with Crippen molar-refractivity contribution in [1.29, 1.82) is 0 Å². The van der Waals surface area contributed by atoms with Gasteiger partial charge in [-0.15, -0.1) is 0 Å². The molecule has 0 radical (unpaired) electrons. The van der Waals surface area contributed by atoms with Crippen LogP contribution in [0.2, 0.25) is 5.02 Å². The summed E-state index contributed by atoms with van der Waals surface area (Å²) in [5.74, 6) is 0.122. The summed E-state index contributed by atoms with van der Waals surface area (Å²) in [4.78, 5) is 16.2. The number of carboxylic acid groups (broad SMARTS) is 1. The topological polar surface area (TPSA) is 70.4 Å². The maximum Gasteiger partial charge on any atom is 1.00 e. The molecule has 0 amide bonds. The number of carboxylic acids is 1. The maximum absolute atomic E-state index is 11.5. The van der Waals surface area contributed by atoms with Crippen LogP contribution in [0.4, 0.5) is 0 Å². The number of thioether (sulfide) groups is 1. The summed E-state index contributed by atoms with van der Waals surface area (Å²) in [6, 6.07) is 26.5. The van der Waals surface area contributed by atoms with Crippen molar-refractivity contribution in [3.8, 4) is 0 Å². The summed E-state index contributed by atoms with van der Waals surface area (Å²) in [6.07, 6.45) is 8.02. The molecule has 2 N–H and O–H groups in total. The van der Waals surface area contributed by atoms with Gasteiger partial charge in [-0.1, -0.05) is 78.3 Å². The van der Waals surface area contributed by atoms with E-state index in [1.54, 1.807) is 0 Å². The van der Waals surface area contributed by atoms with E-state index in [0.29, 0.717) is 5.02 Å². The van der Waals surface area contributed by atoms with Crippen molar-refractivity contribution in [1.82, 2.24) is 4.98 Å². The summed E-state index contributed by atoms with van der Waals surface area (Å²) >= 11 is 8.04. The second-order valence-corrected chi connectivity index (χ2v) is 13.3. The molecule has 1 aromatic heterocycles. The van der Waals surface area contributed by atoms with Crippen molar-refractivity contribution < 1.29 is 35.3 Å². The Kier molecular flexibility index (Phi) is 10.7. The van der Waals surface area contributed by atoms with Gasteiger partial charge in [-0.3, -0.25) is 4.79 Å². The Hall–Kier alpha value is -2.52. The van der Waals surface area contributed by atoms with Crippen molar-refractivity contribution in [2.24, 2.45) is 5.41 Å². The fourth-order valence-electron chi connectivity index (χ4n) is 5.36. The van der Waals surface area contributed by atoms with Crippen LogP contribution in [0.25, 0.3) is 23.1 Å². The second-order valence-electron chi connectivity index (χ2n) is 11.7. The Bertz CT molecular complexity index is 1590. The zero-order chi connectivity index (χ0) is 29.0. The average molecular weight is 594 g/mol. The van der Waals surface area contributed by atoms with Crippen LogP contribution in [0.5, 0.6) is 0 Å². The predicted molar refractivity (Wildman–Crippen MR) is 172 cm³/mol. The molecular weight excluding hydrogens is 557 g/mol. The third-order valence-corrected chi connectivity index (χ3v) is 9.76. The number of nitrogens with zero attached hydrogens (tertiary/aromatic N) is 1. The van der Waals surface area contributed by atoms with Gasteiger partial charge in [0.2, 0.25) is 0 Å². The van der Waals surface area contributed by atoms with Crippen LogP contribution in [0, 0.1) is 5.41 Å². The van der Waals surface area contributed by atoms with Gasteiger partial charge >= 0.3 is 24.8 Å². The number of carbonyl (C=O) groups is 1. The molecule has 5 rings (SSSR count). The van der Waals surface area contributed by atoms with Crippen LogP contribution in [-0.4, -0.2) is 26.9 Å². The first-order chi connectivity index (χ1) is 19.6. The summed E-state index contributed by atoms with van der Waals surface area (Å²) < 4.78 is 0. The first kappa shape index (κ1) is 32.4. The van der Waals surface area contributed by atoms with E-state index in [1.165, 1.54) is 5.56 Å². The molecule has 4 nitrogen and oxygen atoms in total. The summed E-state index contributed by atoms with van der Waals surface area (Å²) in [5, 5.41) is 22.1. The monoisotopic (exact) mass is 593 g/mol. The average Bonchev–Trinajstić information content (AvgIpc) is 3.70. The van der Waals surface area contributed by atoms with Crippen LogP contribution < -0.4 is 18.9 Å². The molecule has 42 heavy (non-hydrogen) atoms. The molecule has 0 spiro atoms. The van der Waals surface area contributed by atoms with Crippen molar-refractivity contribution >= 4 is 52.4 Å². The number of fused-ring (bicyclic) bond motifs is 1. The van der Waals surface area contributed by atoms with E-state index in [4.69, 9.17) is 16.6 Å². The molecule has 1 atom stereocenters. The number of rotatable bonds is 12. The van der Waals surface area contributed by atoms with E-state index in [0.717, 1.165) is 64.7 Å². The standard InChI is InChI=1S/C35H36ClNO3S.Li.H/c1-34(2,40)30-9-4-3-7-25(30)13-17-32(41-23-35(18-19-35)22-33(38)39)27-8-5-6-24(20-27)10-15-29-16-12-26-11-14-28(36)21-31(26)37-29;;/h3-12,14-16,20-21,32,40H,13,17-19,22-23H2,1-2H3,(H,38,39);;/q;+1;-1/b15-10+;;. The zero-order valence-electron chi connectivity index (χ0n) is 25.5. The quantitative estimate of drug-likeness (QED) is 0.195. The van der Waals surface area contributed by atoms with E-state index in [9.17, 15) is 15.0 Å². The van der Waals surface area contributed by atoms with Crippen molar-refractivity contribution in [2.75, 3.05) is 5.75 Å². The van der Waals surface area contributed by atoms with Gasteiger partial charge in [-0.05, 0) is 91.5 Å². The molecule has 4 aromatic rings. The minimum absolute atomic E-state index is 0. The number of pyridine rings is 1. The van der Waals surface area contributed by atoms with Gasteiger partial charge < -0.3 is 11.6 Å².